The van der Waals surface area contributed by atoms with Crippen LogP contribution in [0.25, 0.3) is 0 Å². The van der Waals surface area contributed by atoms with Crippen molar-refractivity contribution in [2.45, 2.75) is 12.8 Å². The van der Waals surface area contributed by atoms with Crippen LogP contribution in [-0.4, -0.2) is 17.0 Å². The minimum absolute atomic E-state index is 0.175. The fraction of sp³-hybridized carbons (Fsp3) is 0.500. The SMILES string of the molecule is NOC(=O)CCC(=O)O. The first-order chi connectivity index (χ1) is 4.16. The van der Waals surface area contributed by atoms with E-state index in [1.165, 1.54) is 0 Å². The molecular weight excluding hydrogens is 126 g/mol. The van der Waals surface area contributed by atoms with Crippen LogP contribution < -0.4 is 5.90 Å². The number of carboxylic acids is 1. The quantitative estimate of drug-likeness (QED) is 0.495. The zero-order valence-electron chi connectivity index (χ0n) is 4.66. The molecule has 0 unspecified atom stereocenters. The molecule has 0 aliphatic carbocycles. The van der Waals surface area contributed by atoms with Crippen LogP contribution in [0, 0.1) is 0 Å². The van der Waals surface area contributed by atoms with E-state index in [2.05, 4.69) is 10.7 Å². The summed E-state index contributed by atoms with van der Waals surface area (Å²) in [5.41, 5.74) is 0. The molecule has 0 amide bonds. The molecule has 0 aromatic rings. The first-order valence-electron chi connectivity index (χ1n) is 2.28. The maximum atomic E-state index is 10.1. The Bertz CT molecular complexity index is 122. The summed E-state index contributed by atoms with van der Waals surface area (Å²) in [7, 11) is 0. The lowest BCUT2D eigenvalue weighted by Gasteiger charge is -1.91. The molecular formula is C4H7NO4. The van der Waals surface area contributed by atoms with Crippen LogP contribution >= 0.6 is 0 Å². The number of rotatable bonds is 3. The average Bonchev–Trinajstić information content (AvgIpc) is 1.83. The highest BCUT2D eigenvalue weighted by atomic mass is 16.7. The summed E-state index contributed by atoms with van der Waals surface area (Å²) in [6, 6.07) is 0. The Morgan fingerprint density at radius 3 is 2.33 bits per heavy atom. The monoisotopic (exact) mass is 133 g/mol. The maximum absolute atomic E-state index is 10.1. The molecule has 9 heavy (non-hydrogen) atoms. The molecule has 0 saturated heterocycles. The van der Waals surface area contributed by atoms with Crippen LogP contribution in [0.5, 0.6) is 0 Å². The summed E-state index contributed by atoms with van der Waals surface area (Å²) >= 11 is 0. The molecule has 0 radical (unpaired) electrons. The van der Waals surface area contributed by atoms with Gasteiger partial charge < -0.3 is 9.94 Å². The van der Waals surface area contributed by atoms with E-state index in [1.54, 1.807) is 0 Å². The molecule has 3 N–H and O–H groups in total. The molecule has 0 aliphatic rings. The Morgan fingerprint density at radius 2 is 2.00 bits per heavy atom. The smallest absolute Gasteiger partial charge is 0.325 e. The van der Waals surface area contributed by atoms with Gasteiger partial charge in [0.25, 0.3) is 0 Å². The van der Waals surface area contributed by atoms with Gasteiger partial charge in [0, 0.05) is 0 Å². The Hall–Kier alpha value is -1.10. The van der Waals surface area contributed by atoms with E-state index < -0.39 is 11.9 Å². The second-order valence-electron chi connectivity index (χ2n) is 1.38. The number of nitrogens with two attached hydrogens (primary N) is 1. The number of aliphatic carboxylic acids is 1. The van der Waals surface area contributed by atoms with Gasteiger partial charge in [0.15, 0.2) is 0 Å². The van der Waals surface area contributed by atoms with Crippen LogP contribution in [0.15, 0.2) is 0 Å². The molecule has 0 rings (SSSR count). The van der Waals surface area contributed by atoms with Crippen LogP contribution in [0.3, 0.4) is 0 Å². The minimum Gasteiger partial charge on any atom is -0.481 e. The highest BCUT2D eigenvalue weighted by molar-refractivity contribution is 5.76. The van der Waals surface area contributed by atoms with Gasteiger partial charge in [-0.25, -0.2) is 0 Å². The lowest BCUT2D eigenvalue weighted by atomic mass is 10.3. The summed E-state index contributed by atoms with van der Waals surface area (Å²) in [5, 5.41) is 8.01. The third-order valence-electron chi connectivity index (χ3n) is 0.674. The lowest BCUT2D eigenvalue weighted by molar-refractivity contribution is -0.148. The minimum atomic E-state index is -1.04. The van der Waals surface area contributed by atoms with Gasteiger partial charge in [-0.2, -0.15) is 5.90 Å². The summed E-state index contributed by atoms with van der Waals surface area (Å²) in [6.45, 7) is 0. The van der Waals surface area contributed by atoms with Crippen molar-refractivity contribution in [3.8, 4) is 0 Å². The predicted molar refractivity (Wildman–Crippen MR) is 27.1 cm³/mol. The van der Waals surface area contributed by atoms with Crippen molar-refractivity contribution < 1.29 is 19.5 Å². The van der Waals surface area contributed by atoms with E-state index in [0.717, 1.165) is 0 Å². The lowest BCUT2D eigenvalue weighted by Crippen LogP contribution is -2.11. The van der Waals surface area contributed by atoms with Crippen molar-refractivity contribution in [2.24, 2.45) is 5.90 Å². The highest BCUT2D eigenvalue weighted by Crippen LogP contribution is 1.88. The molecule has 5 nitrogen and oxygen atoms in total. The Balaban J connectivity index is 3.28. The van der Waals surface area contributed by atoms with E-state index >= 15 is 0 Å². The van der Waals surface area contributed by atoms with Crippen molar-refractivity contribution in [1.29, 1.82) is 0 Å². The zero-order valence-corrected chi connectivity index (χ0v) is 4.66. The van der Waals surface area contributed by atoms with Crippen LogP contribution in [0.4, 0.5) is 0 Å². The molecule has 0 aromatic heterocycles. The largest absolute Gasteiger partial charge is 0.481 e. The van der Waals surface area contributed by atoms with Crippen molar-refractivity contribution in [1.82, 2.24) is 0 Å². The summed E-state index contributed by atoms with van der Waals surface area (Å²) in [6.07, 6.45) is -0.415. The van der Waals surface area contributed by atoms with Crippen molar-refractivity contribution in [3.63, 3.8) is 0 Å². The maximum Gasteiger partial charge on any atom is 0.325 e. The second kappa shape index (κ2) is 3.85. The van der Waals surface area contributed by atoms with E-state index in [0.29, 0.717) is 0 Å². The van der Waals surface area contributed by atoms with Gasteiger partial charge in [-0.1, -0.05) is 0 Å². The van der Waals surface area contributed by atoms with Crippen LogP contribution in [0.2, 0.25) is 0 Å². The molecule has 0 aliphatic heterocycles. The van der Waals surface area contributed by atoms with Gasteiger partial charge in [-0.15, -0.1) is 0 Å². The van der Waals surface area contributed by atoms with E-state index in [4.69, 9.17) is 5.11 Å². The molecule has 52 valence electrons. The molecule has 0 spiro atoms. The molecule has 5 heteroatoms. The number of hydrogen-bond donors (Lipinski definition) is 2. The fourth-order valence-electron chi connectivity index (χ4n) is 0.268. The standard InChI is InChI=1S/C4H7NO4/c5-9-4(8)2-1-3(6)7/h1-2,5H2,(H,6,7). The second-order valence-corrected chi connectivity index (χ2v) is 1.38. The van der Waals surface area contributed by atoms with Gasteiger partial charge in [0.1, 0.15) is 0 Å². The van der Waals surface area contributed by atoms with E-state index in [9.17, 15) is 9.59 Å². The molecule has 0 bridgehead atoms. The van der Waals surface area contributed by atoms with Gasteiger partial charge >= 0.3 is 11.9 Å². The first kappa shape index (κ1) is 7.90. The first-order valence-corrected chi connectivity index (χ1v) is 2.28. The average molecular weight is 133 g/mol. The Labute approximate surface area is 51.4 Å². The predicted octanol–water partition coefficient (Wildman–Crippen LogP) is -0.732. The third kappa shape index (κ3) is 4.76. The molecule has 0 aromatic carbocycles. The van der Waals surface area contributed by atoms with Crippen molar-refractivity contribution in [3.05, 3.63) is 0 Å². The third-order valence-corrected chi connectivity index (χ3v) is 0.674. The number of carbonyl (C=O) groups is 2. The summed E-state index contributed by atoms with van der Waals surface area (Å²) < 4.78 is 0. The Kier molecular flexibility index (Phi) is 3.38. The van der Waals surface area contributed by atoms with Crippen molar-refractivity contribution in [2.75, 3.05) is 0 Å². The van der Waals surface area contributed by atoms with Gasteiger partial charge in [-0.3, -0.25) is 9.59 Å². The van der Waals surface area contributed by atoms with Gasteiger partial charge in [-0.05, 0) is 0 Å². The summed E-state index contributed by atoms with van der Waals surface area (Å²) in [4.78, 5) is 23.6. The number of hydrogen-bond acceptors (Lipinski definition) is 4. The molecule has 0 saturated carbocycles. The highest BCUT2D eigenvalue weighted by Gasteiger charge is 2.03. The fourth-order valence-corrected chi connectivity index (χ4v) is 0.268. The van der Waals surface area contributed by atoms with Gasteiger partial charge in [0.05, 0.1) is 12.8 Å². The topological polar surface area (TPSA) is 89.6 Å². The van der Waals surface area contributed by atoms with Crippen LogP contribution in [-0.2, 0) is 14.4 Å². The number of carbonyl (C=O) groups excluding carboxylic acids is 1. The normalized spacial score (nSPS) is 8.56. The summed E-state index contributed by atoms with van der Waals surface area (Å²) in [5.74, 6) is 2.66. The number of carboxylic acid groups (broad SMARTS) is 1. The van der Waals surface area contributed by atoms with E-state index in [-0.39, 0.29) is 12.8 Å². The van der Waals surface area contributed by atoms with Gasteiger partial charge in [0.2, 0.25) is 0 Å². The molecule has 0 heterocycles. The van der Waals surface area contributed by atoms with Crippen LogP contribution in [0.1, 0.15) is 12.8 Å². The van der Waals surface area contributed by atoms with Crippen molar-refractivity contribution >= 4 is 11.9 Å². The van der Waals surface area contributed by atoms with E-state index in [1.807, 2.05) is 0 Å². The Morgan fingerprint density at radius 1 is 1.44 bits per heavy atom. The molecule has 0 fully saturated rings. The zero-order chi connectivity index (χ0) is 7.28. The molecule has 0 atom stereocenters.